The van der Waals surface area contributed by atoms with Gasteiger partial charge in [0.25, 0.3) is 0 Å². The monoisotopic (exact) mass is 225 g/mol. The third-order valence-corrected chi connectivity index (χ3v) is 4.35. The molecule has 1 unspecified atom stereocenters. The van der Waals surface area contributed by atoms with Crippen molar-refractivity contribution < 1.29 is 4.74 Å². The molecule has 15 heavy (non-hydrogen) atoms. The lowest BCUT2D eigenvalue weighted by Crippen LogP contribution is -2.22. The zero-order valence-corrected chi connectivity index (χ0v) is 10.3. The lowest BCUT2D eigenvalue weighted by Gasteiger charge is -2.29. The molecule has 1 aromatic rings. The highest BCUT2D eigenvalue weighted by atomic mass is 32.1. The Morgan fingerprint density at radius 3 is 2.93 bits per heavy atom. The molecule has 1 aliphatic carbocycles. The molecule has 3 heteroatoms. The molecule has 1 aliphatic rings. The Balaban J connectivity index is 2.04. The zero-order chi connectivity index (χ0) is 10.7. The maximum absolute atomic E-state index is 5.37. The number of hydrogen-bond acceptors (Lipinski definition) is 3. The van der Waals surface area contributed by atoms with E-state index in [0.29, 0.717) is 6.04 Å². The van der Waals surface area contributed by atoms with Crippen LogP contribution in [-0.2, 0) is 0 Å². The van der Waals surface area contributed by atoms with Gasteiger partial charge in [-0.05, 0) is 30.8 Å². The average molecular weight is 225 g/mol. The van der Waals surface area contributed by atoms with E-state index in [1.165, 1.54) is 30.6 Å². The summed E-state index contributed by atoms with van der Waals surface area (Å²) in [5.74, 6) is 1.97. The second-order valence-electron chi connectivity index (χ2n) is 4.23. The molecule has 1 fully saturated rings. The molecule has 0 saturated heterocycles. The van der Waals surface area contributed by atoms with Crippen LogP contribution in [0.3, 0.4) is 0 Å². The summed E-state index contributed by atoms with van der Waals surface area (Å²) in [4.78, 5) is 1.35. The molecule has 0 radical (unpaired) electrons. The predicted octanol–water partition coefficient (Wildman–Crippen LogP) is 3.21. The second-order valence-corrected chi connectivity index (χ2v) is 5.17. The fraction of sp³-hybridized carbons (Fsp3) is 0.667. The summed E-state index contributed by atoms with van der Waals surface area (Å²) in [5, 5.41) is 5.52. The van der Waals surface area contributed by atoms with Gasteiger partial charge in [0.2, 0.25) is 0 Å². The van der Waals surface area contributed by atoms with Gasteiger partial charge in [0.05, 0.1) is 12.0 Å². The first-order chi connectivity index (χ1) is 7.35. The lowest BCUT2D eigenvalue weighted by molar-refractivity contribution is 0.264. The lowest BCUT2D eigenvalue weighted by atomic mass is 9.80. The van der Waals surface area contributed by atoms with Crippen molar-refractivity contribution in [2.75, 3.05) is 14.2 Å². The quantitative estimate of drug-likeness (QED) is 0.831. The molecule has 1 N–H and O–H groups in total. The van der Waals surface area contributed by atoms with Crippen LogP contribution in [0.5, 0.6) is 5.75 Å². The summed E-state index contributed by atoms with van der Waals surface area (Å²) in [6.45, 7) is 0. The van der Waals surface area contributed by atoms with E-state index in [0.717, 1.165) is 11.7 Å². The van der Waals surface area contributed by atoms with E-state index in [1.807, 2.05) is 7.05 Å². The van der Waals surface area contributed by atoms with Gasteiger partial charge < -0.3 is 10.1 Å². The maximum atomic E-state index is 5.37. The summed E-state index contributed by atoms with van der Waals surface area (Å²) in [5.41, 5.74) is 0. The molecule has 0 spiro atoms. The Kier molecular flexibility index (Phi) is 3.65. The maximum Gasteiger partial charge on any atom is 0.134 e. The molecule has 1 aromatic heterocycles. The van der Waals surface area contributed by atoms with Gasteiger partial charge >= 0.3 is 0 Å². The van der Waals surface area contributed by atoms with Gasteiger partial charge in [-0.2, -0.15) is 0 Å². The summed E-state index contributed by atoms with van der Waals surface area (Å²) >= 11 is 1.80. The standard InChI is InChI=1S/C12H19NOS/c1-13-10(8-9-4-3-5-9)12-11(14-2)6-7-15-12/h6-7,9-10,13H,3-5,8H2,1-2H3. The normalized spacial score (nSPS) is 18.5. The largest absolute Gasteiger partial charge is 0.496 e. The Labute approximate surface area is 95.6 Å². The summed E-state index contributed by atoms with van der Waals surface area (Å²) in [7, 11) is 3.80. The highest BCUT2D eigenvalue weighted by Gasteiger charge is 2.24. The van der Waals surface area contributed by atoms with Crippen LogP contribution in [0.2, 0.25) is 0 Å². The van der Waals surface area contributed by atoms with Crippen molar-refractivity contribution in [1.29, 1.82) is 0 Å². The molecule has 2 nitrogen and oxygen atoms in total. The number of methoxy groups -OCH3 is 1. The average Bonchev–Trinajstić information content (AvgIpc) is 2.64. The molecule has 1 heterocycles. The number of rotatable bonds is 5. The number of ether oxygens (including phenoxy) is 1. The van der Waals surface area contributed by atoms with Gasteiger partial charge in [-0.1, -0.05) is 19.3 Å². The van der Waals surface area contributed by atoms with E-state index in [2.05, 4.69) is 16.8 Å². The summed E-state index contributed by atoms with van der Waals surface area (Å²) in [6, 6.07) is 2.54. The van der Waals surface area contributed by atoms with Crippen LogP contribution in [0.4, 0.5) is 0 Å². The van der Waals surface area contributed by atoms with E-state index < -0.39 is 0 Å². The Morgan fingerprint density at radius 1 is 1.60 bits per heavy atom. The second kappa shape index (κ2) is 4.99. The minimum absolute atomic E-state index is 0.477. The van der Waals surface area contributed by atoms with Crippen molar-refractivity contribution in [3.05, 3.63) is 16.3 Å². The molecule has 0 aromatic carbocycles. The number of thiophene rings is 1. The molecular formula is C12H19NOS. The van der Waals surface area contributed by atoms with Gasteiger partial charge in [-0.15, -0.1) is 11.3 Å². The highest BCUT2D eigenvalue weighted by molar-refractivity contribution is 7.10. The highest BCUT2D eigenvalue weighted by Crippen LogP contribution is 2.39. The van der Waals surface area contributed by atoms with E-state index in [-0.39, 0.29) is 0 Å². The van der Waals surface area contributed by atoms with Crippen molar-refractivity contribution in [1.82, 2.24) is 5.32 Å². The van der Waals surface area contributed by atoms with Crippen LogP contribution < -0.4 is 10.1 Å². The van der Waals surface area contributed by atoms with Crippen molar-refractivity contribution in [3.8, 4) is 5.75 Å². The molecule has 2 rings (SSSR count). The van der Waals surface area contributed by atoms with Crippen LogP contribution in [0.1, 0.15) is 36.6 Å². The Morgan fingerprint density at radius 2 is 2.40 bits per heavy atom. The van der Waals surface area contributed by atoms with Crippen LogP contribution >= 0.6 is 11.3 Å². The van der Waals surface area contributed by atoms with Gasteiger partial charge in [-0.3, -0.25) is 0 Å². The van der Waals surface area contributed by atoms with E-state index >= 15 is 0 Å². The first kappa shape index (κ1) is 11.0. The first-order valence-electron chi connectivity index (χ1n) is 5.63. The third kappa shape index (κ3) is 2.34. The number of hydrogen-bond donors (Lipinski definition) is 1. The first-order valence-corrected chi connectivity index (χ1v) is 6.51. The molecule has 0 amide bonds. The summed E-state index contributed by atoms with van der Waals surface area (Å²) < 4.78 is 5.37. The molecular weight excluding hydrogens is 206 g/mol. The molecule has 84 valence electrons. The van der Waals surface area contributed by atoms with Crippen LogP contribution in [0.25, 0.3) is 0 Å². The fourth-order valence-electron chi connectivity index (χ4n) is 2.15. The summed E-state index contributed by atoms with van der Waals surface area (Å²) in [6.07, 6.45) is 5.49. The van der Waals surface area contributed by atoms with Crippen molar-refractivity contribution in [2.45, 2.75) is 31.7 Å². The Hall–Kier alpha value is -0.540. The molecule has 0 bridgehead atoms. The fourth-order valence-corrected chi connectivity index (χ4v) is 3.13. The molecule has 0 aliphatic heterocycles. The van der Waals surface area contributed by atoms with E-state index in [1.54, 1.807) is 18.4 Å². The number of nitrogens with one attached hydrogen (secondary N) is 1. The van der Waals surface area contributed by atoms with Crippen molar-refractivity contribution in [3.63, 3.8) is 0 Å². The minimum atomic E-state index is 0.477. The van der Waals surface area contributed by atoms with Crippen LogP contribution in [0.15, 0.2) is 11.4 Å². The van der Waals surface area contributed by atoms with Crippen molar-refractivity contribution >= 4 is 11.3 Å². The van der Waals surface area contributed by atoms with E-state index in [9.17, 15) is 0 Å². The van der Waals surface area contributed by atoms with Gasteiger partial charge in [0.1, 0.15) is 5.75 Å². The van der Waals surface area contributed by atoms with Gasteiger partial charge in [0.15, 0.2) is 0 Å². The van der Waals surface area contributed by atoms with Crippen LogP contribution in [0, 0.1) is 5.92 Å². The predicted molar refractivity (Wildman–Crippen MR) is 64.6 cm³/mol. The molecule has 1 atom stereocenters. The van der Waals surface area contributed by atoms with E-state index in [4.69, 9.17) is 4.74 Å². The Bertz CT molecular complexity index is 306. The minimum Gasteiger partial charge on any atom is -0.496 e. The third-order valence-electron chi connectivity index (χ3n) is 3.34. The van der Waals surface area contributed by atoms with Crippen LogP contribution in [-0.4, -0.2) is 14.2 Å². The van der Waals surface area contributed by atoms with Gasteiger partial charge in [-0.25, -0.2) is 0 Å². The molecule has 1 saturated carbocycles. The van der Waals surface area contributed by atoms with Gasteiger partial charge in [0, 0.05) is 6.04 Å². The zero-order valence-electron chi connectivity index (χ0n) is 9.45. The van der Waals surface area contributed by atoms with Crippen molar-refractivity contribution in [2.24, 2.45) is 5.92 Å². The SMILES string of the molecule is CNC(CC1CCC1)c1sccc1OC. The smallest absolute Gasteiger partial charge is 0.134 e. The topological polar surface area (TPSA) is 21.3 Å².